The van der Waals surface area contributed by atoms with E-state index in [9.17, 15) is 9.59 Å². The molecule has 2 aromatic heterocycles. The number of carbonyl (C=O) groups is 1. The standard InChI is InChI=1S/C19H18ClN3O2/c1-3-23-11-15(19(25)22-10-13-5-4-8-21-9-13)18(24)14-6-7-16(20)12(2)17(14)23/h4-9,11H,3,10H2,1-2H3,(H,22,25). The molecule has 3 aromatic rings. The number of benzene rings is 1. The van der Waals surface area contributed by atoms with Gasteiger partial charge < -0.3 is 9.88 Å². The molecule has 3 rings (SSSR count). The van der Waals surface area contributed by atoms with E-state index >= 15 is 0 Å². The van der Waals surface area contributed by atoms with Gasteiger partial charge in [-0.25, -0.2) is 0 Å². The van der Waals surface area contributed by atoms with Crippen LogP contribution in [0.1, 0.15) is 28.4 Å². The molecule has 0 aliphatic carbocycles. The van der Waals surface area contributed by atoms with Gasteiger partial charge in [-0.1, -0.05) is 17.7 Å². The number of fused-ring (bicyclic) bond motifs is 1. The summed E-state index contributed by atoms with van der Waals surface area (Å²) in [5, 5.41) is 3.88. The molecule has 2 heterocycles. The van der Waals surface area contributed by atoms with Gasteiger partial charge in [0.2, 0.25) is 5.43 Å². The van der Waals surface area contributed by atoms with Crippen molar-refractivity contribution in [2.45, 2.75) is 26.9 Å². The molecule has 0 saturated heterocycles. The highest BCUT2D eigenvalue weighted by Crippen LogP contribution is 2.24. The van der Waals surface area contributed by atoms with Crippen LogP contribution in [0.25, 0.3) is 10.9 Å². The zero-order chi connectivity index (χ0) is 18.0. The molecule has 0 radical (unpaired) electrons. The quantitative estimate of drug-likeness (QED) is 0.781. The first-order chi connectivity index (χ1) is 12.0. The van der Waals surface area contributed by atoms with E-state index in [1.807, 2.05) is 24.5 Å². The zero-order valence-corrected chi connectivity index (χ0v) is 14.8. The number of aryl methyl sites for hydroxylation is 2. The first-order valence-electron chi connectivity index (χ1n) is 8.02. The van der Waals surface area contributed by atoms with Gasteiger partial charge in [-0.15, -0.1) is 0 Å². The van der Waals surface area contributed by atoms with Crippen molar-refractivity contribution in [3.63, 3.8) is 0 Å². The molecule has 0 aliphatic heterocycles. The Bertz CT molecular complexity index is 997. The minimum Gasteiger partial charge on any atom is -0.348 e. The Morgan fingerprint density at radius 2 is 2.12 bits per heavy atom. The van der Waals surface area contributed by atoms with Crippen molar-refractivity contribution in [1.82, 2.24) is 14.9 Å². The van der Waals surface area contributed by atoms with E-state index in [-0.39, 0.29) is 11.0 Å². The van der Waals surface area contributed by atoms with Gasteiger partial charge in [-0.2, -0.15) is 0 Å². The van der Waals surface area contributed by atoms with Crippen LogP contribution in [0.3, 0.4) is 0 Å². The lowest BCUT2D eigenvalue weighted by Gasteiger charge is -2.14. The van der Waals surface area contributed by atoms with Gasteiger partial charge in [0.15, 0.2) is 0 Å². The second-order valence-corrected chi connectivity index (χ2v) is 6.18. The summed E-state index contributed by atoms with van der Waals surface area (Å²) in [4.78, 5) is 29.3. The summed E-state index contributed by atoms with van der Waals surface area (Å²) in [5.74, 6) is -0.398. The van der Waals surface area contributed by atoms with E-state index in [1.54, 1.807) is 36.8 Å². The first kappa shape index (κ1) is 17.2. The number of hydrogen-bond acceptors (Lipinski definition) is 3. The minimum absolute atomic E-state index is 0.125. The molecule has 25 heavy (non-hydrogen) atoms. The number of pyridine rings is 2. The molecule has 5 nitrogen and oxygen atoms in total. The molecule has 0 atom stereocenters. The fourth-order valence-corrected chi connectivity index (χ4v) is 3.00. The Morgan fingerprint density at radius 1 is 1.32 bits per heavy atom. The molecule has 0 unspecified atom stereocenters. The monoisotopic (exact) mass is 355 g/mol. The van der Waals surface area contributed by atoms with Crippen LogP contribution in [0, 0.1) is 6.92 Å². The normalized spacial score (nSPS) is 10.8. The Balaban J connectivity index is 2.02. The molecule has 0 fully saturated rings. The Kier molecular flexibility index (Phi) is 4.86. The smallest absolute Gasteiger partial charge is 0.257 e. The van der Waals surface area contributed by atoms with Crippen LogP contribution >= 0.6 is 11.6 Å². The largest absolute Gasteiger partial charge is 0.348 e. The van der Waals surface area contributed by atoms with E-state index in [1.165, 1.54) is 0 Å². The van der Waals surface area contributed by atoms with Crippen molar-refractivity contribution >= 4 is 28.4 Å². The van der Waals surface area contributed by atoms with Crippen LogP contribution in [0.15, 0.2) is 47.7 Å². The highest BCUT2D eigenvalue weighted by Gasteiger charge is 2.17. The van der Waals surface area contributed by atoms with Crippen LogP contribution in [0.5, 0.6) is 0 Å². The molecule has 128 valence electrons. The van der Waals surface area contributed by atoms with Crippen molar-refractivity contribution < 1.29 is 4.79 Å². The van der Waals surface area contributed by atoms with E-state index in [4.69, 9.17) is 11.6 Å². The van der Waals surface area contributed by atoms with E-state index in [0.717, 1.165) is 16.6 Å². The van der Waals surface area contributed by atoms with E-state index in [2.05, 4.69) is 10.3 Å². The molecule has 1 N–H and O–H groups in total. The number of nitrogens with one attached hydrogen (secondary N) is 1. The molecule has 0 saturated carbocycles. The number of nitrogens with zero attached hydrogens (tertiary/aromatic N) is 2. The third-order valence-electron chi connectivity index (χ3n) is 4.19. The van der Waals surface area contributed by atoms with Crippen LogP contribution < -0.4 is 10.7 Å². The summed E-state index contributed by atoms with van der Waals surface area (Å²) >= 11 is 6.19. The maximum Gasteiger partial charge on any atom is 0.257 e. The Morgan fingerprint density at radius 3 is 2.80 bits per heavy atom. The number of carbonyl (C=O) groups excluding carboxylic acids is 1. The van der Waals surface area contributed by atoms with Crippen molar-refractivity contribution in [1.29, 1.82) is 0 Å². The second kappa shape index (κ2) is 7.07. The molecule has 0 spiro atoms. The Hall–Kier alpha value is -2.66. The molecular formula is C19H18ClN3O2. The Labute approximate surface area is 150 Å². The number of rotatable bonds is 4. The molecular weight excluding hydrogens is 338 g/mol. The third kappa shape index (κ3) is 3.28. The average Bonchev–Trinajstić information content (AvgIpc) is 2.64. The first-order valence-corrected chi connectivity index (χ1v) is 8.40. The van der Waals surface area contributed by atoms with E-state index < -0.39 is 5.91 Å². The second-order valence-electron chi connectivity index (χ2n) is 5.77. The molecule has 1 aromatic carbocycles. The topological polar surface area (TPSA) is 64.0 Å². The summed E-state index contributed by atoms with van der Waals surface area (Å²) in [6.07, 6.45) is 4.95. The third-order valence-corrected chi connectivity index (χ3v) is 4.60. The van der Waals surface area contributed by atoms with Crippen molar-refractivity contribution in [2.24, 2.45) is 0 Å². The predicted octanol–water partition coefficient (Wildman–Crippen LogP) is 3.31. The molecule has 6 heteroatoms. The number of aromatic nitrogens is 2. The maximum atomic E-state index is 12.8. The van der Waals surface area contributed by atoms with Crippen LogP contribution in [-0.2, 0) is 13.1 Å². The minimum atomic E-state index is -0.398. The summed E-state index contributed by atoms with van der Waals surface area (Å²) in [6, 6.07) is 7.03. The van der Waals surface area contributed by atoms with Gasteiger partial charge in [0.1, 0.15) is 5.56 Å². The lowest BCUT2D eigenvalue weighted by atomic mass is 10.1. The van der Waals surface area contributed by atoms with Crippen molar-refractivity contribution in [2.75, 3.05) is 0 Å². The van der Waals surface area contributed by atoms with Crippen LogP contribution in [0.4, 0.5) is 0 Å². The summed E-state index contributed by atoms with van der Waals surface area (Å²) in [5.41, 5.74) is 2.31. The van der Waals surface area contributed by atoms with Crippen LogP contribution in [0.2, 0.25) is 5.02 Å². The maximum absolute atomic E-state index is 12.8. The predicted molar refractivity (Wildman–Crippen MR) is 99.0 cm³/mol. The lowest BCUT2D eigenvalue weighted by Crippen LogP contribution is -2.29. The van der Waals surface area contributed by atoms with Crippen molar-refractivity contribution in [3.8, 4) is 0 Å². The van der Waals surface area contributed by atoms with Gasteiger partial charge in [-0.3, -0.25) is 14.6 Å². The molecule has 0 bridgehead atoms. The number of amides is 1. The zero-order valence-electron chi connectivity index (χ0n) is 14.0. The number of hydrogen-bond donors (Lipinski definition) is 1. The van der Waals surface area contributed by atoms with Gasteiger partial charge in [0.05, 0.1) is 5.52 Å². The summed E-state index contributed by atoms with van der Waals surface area (Å²) in [6.45, 7) is 4.77. The van der Waals surface area contributed by atoms with Gasteiger partial charge >= 0.3 is 0 Å². The summed E-state index contributed by atoms with van der Waals surface area (Å²) in [7, 11) is 0. The van der Waals surface area contributed by atoms with Gasteiger partial charge in [-0.05, 0) is 43.2 Å². The fourth-order valence-electron chi connectivity index (χ4n) is 2.84. The van der Waals surface area contributed by atoms with Crippen LogP contribution in [-0.4, -0.2) is 15.5 Å². The highest BCUT2D eigenvalue weighted by atomic mass is 35.5. The average molecular weight is 356 g/mol. The molecule has 1 amide bonds. The van der Waals surface area contributed by atoms with Gasteiger partial charge in [0, 0.05) is 42.1 Å². The van der Waals surface area contributed by atoms with Gasteiger partial charge in [0.25, 0.3) is 5.91 Å². The SMILES string of the molecule is CCn1cc(C(=O)NCc2cccnc2)c(=O)c2ccc(Cl)c(C)c21. The lowest BCUT2D eigenvalue weighted by molar-refractivity contribution is 0.0949. The number of halogens is 1. The highest BCUT2D eigenvalue weighted by molar-refractivity contribution is 6.32. The summed E-state index contributed by atoms with van der Waals surface area (Å²) < 4.78 is 1.89. The molecule has 0 aliphatic rings. The van der Waals surface area contributed by atoms with E-state index in [0.29, 0.717) is 23.5 Å². The van der Waals surface area contributed by atoms with Crippen molar-refractivity contribution in [3.05, 3.63) is 74.8 Å². The fraction of sp³-hybridized carbons (Fsp3) is 0.211.